The van der Waals surface area contributed by atoms with E-state index >= 15 is 0 Å². The lowest BCUT2D eigenvalue weighted by molar-refractivity contribution is -0.195. The summed E-state index contributed by atoms with van der Waals surface area (Å²) < 4.78 is 0. The quantitative estimate of drug-likeness (QED) is 0.452. The molecule has 0 atom stereocenters. The third-order valence-electron chi connectivity index (χ3n) is 1.27. The second-order valence-corrected chi connectivity index (χ2v) is 2.26. The van der Waals surface area contributed by atoms with Crippen molar-refractivity contribution in [1.82, 2.24) is 5.06 Å². The van der Waals surface area contributed by atoms with Crippen LogP contribution in [0.2, 0.25) is 0 Å². The van der Waals surface area contributed by atoms with Crippen LogP contribution in [-0.4, -0.2) is 22.8 Å². The van der Waals surface area contributed by atoms with Crippen molar-refractivity contribution >= 4 is 17.8 Å². The van der Waals surface area contributed by atoms with E-state index in [-0.39, 0.29) is 6.42 Å². The SMILES string of the molecule is C=CCC(=O)ON1C(=O)C=CC1=O. The predicted octanol–water partition coefficient (Wildman–Crippen LogP) is -0.0543. The summed E-state index contributed by atoms with van der Waals surface area (Å²) >= 11 is 0. The van der Waals surface area contributed by atoms with Crippen molar-refractivity contribution in [2.75, 3.05) is 0 Å². The summed E-state index contributed by atoms with van der Waals surface area (Å²) in [6.45, 7) is 3.31. The summed E-state index contributed by atoms with van der Waals surface area (Å²) in [5, 5.41) is 0.409. The molecule has 1 heterocycles. The van der Waals surface area contributed by atoms with Crippen molar-refractivity contribution < 1.29 is 19.2 Å². The van der Waals surface area contributed by atoms with E-state index in [1.54, 1.807) is 0 Å². The second kappa shape index (κ2) is 3.66. The van der Waals surface area contributed by atoms with E-state index in [0.29, 0.717) is 5.06 Å². The van der Waals surface area contributed by atoms with Crippen molar-refractivity contribution in [3.63, 3.8) is 0 Å². The van der Waals surface area contributed by atoms with Gasteiger partial charge in [-0.05, 0) is 0 Å². The fraction of sp³-hybridized carbons (Fsp3) is 0.125. The van der Waals surface area contributed by atoms with E-state index in [0.717, 1.165) is 12.2 Å². The number of hydrogen-bond donors (Lipinski definition) is 0. The zero-order chi connectivity index (χ0) is 9.84. The normalized spacial score (nSPS) is 14.9. The number of carbonyl (C=O) groups excluding carboxylic acids is 3. The topological polar surface area (TPSA) is 63.7 Å². The van der Waals surface area contributed by atoms with Crippen molar-refractivity contribution in [2.45, 2.75) is 6.42 Å². The van der Waals surface area contributed by atoms with Gasteiger partial charge < -0.3 is 4.84 Å². The first-order valence-corrected chi connectivity index (χ1v) is 3.53. The Morgan fingerprint density at radius 1 is 1.46 bits per heavy atom. The predicted molar refractivity (Wildman–Crippen MR) is 41.9 cm³/mol. The van der Waals surface area contributed by atoms with E-state index in [4.69, 9.17) is 0 Å². The molecule has 2 amide bonds. The largest absolute Gasteiger partial charge is 0.336 e. The van der Waals surface area contributed by atoms with Gasteiger partial charge in [0.05, 0.1) is 6.42 Å². The average molecular weight is 181 g/mol. The molecule has 13 heavy (non-hydrogen) atoms. The van der Waals surface area contributed by atoms with Gasteiger partial charge in [-0.2, -0.15) is 0 Å². The molecule has 0 aliphatic carbocycles. The molecule has 0 N–H and O–H groups in total. The third kappa shape index (κ3) is 2.02. The standard InChI is InChI=1S/C8H7NO4/c1-2-3-8(12)13-9-6(10)4-5-7(9)11/h2,4-5H,1,3H2. The van der Waals surface area contributed by atoms with Gasteiger partial charge in [-0.1, -0.05) is 11.1 Å². The molecule has 0 radical (unpaired) electrons. The Morgan fingerprint density at radius 3 is 2.46 bits per heavy atom. The van der Waals surface area contributed by atoms with Gasteiger partial charge in [0.1, 0.15) is 0 Å². The van der Waals surface area contributed by atoms with Gasteiger partial charge in [-0.25, -0.2) is 4.79 Å². The monoisotopic (exact) mass is 181 g/mol. The Kier molecular flexibility index (Phi) is 2.59. The van der Waals surface area contributed by atoms with Crippen molar-refractivity contribution in [3.05, 3.63) is 24.8 Å². The molecular weight excluding hydrogens is 174 g/mol. The number of carbonyl (C=O) groups is 3. The van der Waals surface area contributed by atoms with Crippen molar-refractivity contribution in [3.8, 4) is 0 Å². The highest BCUT2D eigenvalue weighted by Crippen LogP contribution is 2.05. The Hall–Kier alpha value is -1.91. The maximum absolute atomic E-state index is 10.8. The molecule has 0 saturated heterocycles. The zero-order valence-electron chi connectivity index (χ0n) is 6.73. The second-order valence-electron chi connectivity index (χ2n) is 2.26. The lowest BCUT2D eigenvalue weighted by atomic mass is 10.4. The Morgan fingerprint density at radius 2 is 2.00 bits per heavy atom. The van der Waals surface area contributed by atoms with Gasteiger partial charge in [-0.15, -0.1) is 6.58 Å². The minimum absolute atomic E-state index is 0.0446. The maximum Gasteiger partial charge on any atom is 0.336 e. The molecule has 0 saturated carbocycles. The first kappa shape index (κ1) is 9.18. The van der Waals surface area contributed by atoms with Crippen LogP contribution in [0.25, 0.3) is 0 Å². The highest BCUT2D eigenvalue weighted by Gasteiger charge is 2.27. The van der Waals surface area contributed by atoms with Gasteiger partial charge in [0, 0.05) is 12.2 Å². The molecule has 0 bridgehead atoms. The number of rotatable bonds is 3. The molecule has 1 aliphatic rings. The third-order valence-corrected chi connectivity index (χ3v) is 1.27. The molecule has 0 aromatic carbocycles. The Labute approximate surface area is 74.2 Å². The number of hydroxylamine groups is 2. The minimum atomic E-state index is -0.694. The summed E-state index contributed by atoms with van der Waals surface area (Å²) in [6, 6.07) is 0. The molecule has 5 nitrogen and oxygen atoms in total. The van der Waals surface area contributed by atoms with Crippen LogP contribution in [0.5, 0.6) is 0 Å². The van der Waals surface area contributed by atoms with Crippen molar-refractivity contribution in [1.29, 1.82) is 0 Å². The molecule has 0 aromatic heterocycles. The molecular formula is C8H7NO4. The van der Waals surface area contributed by atoms with Crippen LogP contribution in [-0.2, 0) is 19.2 Å². The van der Waals surface area contributed by atoms with E-state index in [1.165, 1.54) is 6.08 Å². The molecule has 1 aliphatic heterocycles. The summed E-state index contributed by atoms with van der Waals surface area (Å²) in [7, 11) is 0. The summed E-state index contributed by atoms with van der Waals surface area (Å²) in [5.74, 6) is -2.00. The Bertz CT molecular complexity index is 287. The summed E-state index contributed by atoms with van der Waals surface area (Å²) in [6.07, 6.45) is 3.34. The number of nitrogens with zero attached hydrogens (tertiary/aromatic N) is 1. The van der Waals surface area contributed by atoms with E-state index in [1.807, 2.05) is 0 Å². The van der Waals surface area contributed by atoms with Crippen LogP contribution < -0.4 is 0 Å². The van der Waals surface area contributed by atoms with Gasteiger partial charge in [0.2, 0.25) is 0 Å². The molecule has 0 unspecified atom stereocenters. The van der Waals surface area contributed by atoms with Crippen LogP contribution in [0.3, 0.4) is 0 Å². The first-order chi connectivity index (χ1) is 6.15. The summed E-state index contributed by atoms with van der Waals surface area (Å²) in [4.78, 5) is 36.9. The lowest BCUT2D eigenvalue weighted by Gasteiger charge is -2.11. The average Bonchev–Trinajstić information content (AvgIpc) is 2.36. The molecule has 0 fully saturated rings. The highest BCUT2D eigenvalue weighted by molar-refractivity contribution is 6.12. The van der Waals surface area contributed by atoms with E-state index in [9.17, 15) is 14.4 Å². The smallest absolute Gasteiger partial charge is 0.329 e. The number of imide groups is 1. The first-order valence-electron chi connectivity index (χ1n) is 3.53. The van der Waals surface area contributed by atoms with E-state index < -0.39 is 17.8 Å². The minimum Gasteiger partial charge on any atom is -0.329 e. The molecule has 68 valence electrons. The fourth-order valence-electron chi connectivity index (χ4n) is 0.733. The fourth-order valence-corrected chi connectivity index (χ4v) is 0.733. The van der Waals surface area contributed by atoms with Crippen LogP contribution in [0, 0.1) is 0 Å². The molecule has 5 heteroatoms. The molecule has 0 aromatic rings. The number of amides is 2. The molecule has 0 spiro atoms. The van der Waals surface area contributed by atoms with Gasteiger partial charge in [0.25, 0.3) is 11.8 Å². The van der Waals surface area contributed by atoms with Crippen LogP contribution in [0.1, 0.15) is 6.42 Å². The van der Waals surface area contributed by atoms with Gasteiger partial charge >= 0.3 is 5.97 Å². The maximum atomic E-state index is 10.8. The van der Waals surface area contributed by atoms with Crippen LogP contribution in [0.4, 0.5) is 0 Å². The lowest BCUT2D eigenvalue weighted by Crippen LogP contribution is -2.32. The highest BCUT2D eigenvalue weighted by atomic mass is 16.7. The van der Waals surface area contributed by atoms with E-state index in [2.05, 4.69) is 11.4 Å². The number of hydrogen-bond acceptors (Lipinski definition) is 4. The summed E-state index contributed by atoms with van der Waals surface area (Å²) in [5.41, 5.74) is 0. The van der Waals surface area contributed by atoms with Crippen LogP contribution in [0.15, 0.2) is 24.8 Å². The Balaban J connectivity index is 2.55. The van der Waals surface area contributed by atoms with Crippen LogP contribution >= 0.6 is 0 Å². The van der Waals surface area contributed by atoms with Gasteiger partial charge in [0.15, 0.2) is 0 Å². The zero-order valence-corrected chi connectivity index (χ0v) is 6.73. The van der Waals surface area contributed by atoms with Gasteiger partial charge in [-0.3, -0.25) is 9.59 Å². The molecule has 1 rings (SSSR count). The van der Waals surface area contributed by atoms with Crippen molar-refractivity contribution in [2.24, 2.45) is 0 Å².